The van der Waals surface area contributed by atoms with Crippen LogP contribution in [0.15, 0.2) is 24.3 Å². The molecule has 1 saturated carbocycles. The smallest absolute Gasteiger partial charge is 0.410 e. The Morgan fingerprint density at radius 1 is 1.05 bits per heavy atom. The van der Waals surface area contributed by atoms with Gasteiger partial charge in [0.15, 0.2) is 0 Å². The fourth-order valence-corrected chi connectivity index (χ4v) is 6.43. The Bertz CT molecular complexity index is 965. The Hall–Kier alpha value is -2.15. The second-order valence-corrected chi connectivity index (χ2v) is 13.5. The van der Waals surface area contributed by atoms with E-state index in [0.717, 1.165) is 57.2 Å². The summed E-state index contributed by atoms with van der Waals surface area (Å²) < 4.78 is 19.5. The van der Waals surface area contributed by atoms with Gasteiger partial charge in [-0.05, 0) is 89.3 Å². The molecule has 3 aliphatic rings. The molecule has 0 unspecified atom stereocenters. The highest BCUT2D eigenvalue weighted by Gasteiger charge is 2.45. The van der Waals surface area contributed by atoms with E-state index in [1.54, 1.807) is 12.1 Å². The SMILES string of the molecule is CC1(C)CC(C(=O)N(Cc2cccc(F)c2)C2CCN(C3(C)CCN(C(=O)OC(C)(C)C)CC3)CC2)C1. The van der Waals surface area contributed by atoms with Gasteiger partial charge in [0.2, 0.25) is 5.91 Å². The zero-order valence-corrected chi connectivity index (χ0v) is 23.7. The minimum atomic E-state index is -0.482. The van der Waals surface area contributed by atoms with Crippen molar-refractivity contribution in [3.63, 3.8) is 0 Å². The molecule has 4 rings (SSSR count). The van der Waals surface area contributed by atoms with E-state index in [1.807, 2.05) is 31.7 Å². The van der Waals surface area contributed by atoms with Crippen molar-refractivity contribution >= 4 is 12.0 Å². The average Bonchev–Trinajstić information content (AvgIpc) is 2.80. The van der Waals surface area contributed by atoms with Crippen molar-refractivity contribution in [3.8, 4) is 0 Å². The van der Waals surface area contributed by atoms with Crippen molar-refractivity contribution in [1.82, 2.24) is 14.7 Å². The zero-order valence-electron chi connectivity index (χ0n) is 23.7. The van der Waals surface area contributed by atoms with E-state index < -0.39 is 5.60 Å². The maximum Gasteiger partial charge on any atom is 0.410 e. The number of carbonyl (C=O) groups excluding carboxylic acids is 2. The van der Waals surface area contributed by atoms with Crippen molar-refractivity contribution in [2.24, 2.45) is 11.3 Å². The quantitative estimate of drug-likeness (QED) is 0.494. The zero-order chi connectivity index (χ0) is 27.0. The second-order valence-electron chi connectivity index (χ2n) is 13.5. The van der Waals surface area contributed by atoms with Crippen LogP contribution in [0.4, 0.5) is 9.18 Å². The number of piperidine rings is 2. The molecule has 0 bridgehead atoms. The highest BCUT2D eigenvalue weighted by molar-refractivity contribution is 5.80. The highest BCUT2D eigenvalue weighted by atomic mass is 19.1. The molecule has 1 aliphatic carbocycles. The summed E-state index contributed by atoms with van der Waals surface area (Å²) in [5.74, 6) is 0.0605. The number of carbonyl (C=O) groups is 2. The van der Waals surface area contributed by atoms with Crippen LogP contribution in [0.1, 0.15) is 85.6 Å². The first-order valence-electron chi connectivity index (χ1n) is 14.0. The van der Waals surface area contributed by atoms with Gasteiger partial charge in [-0.15, -0.1) is 0 Å². The maximum atomic E-state index is 13.9. The summed E-state index contributed by atoms with van der Waals surface area (Å²) in [7, 11) is 0. The van der Waals surface area contributed by atoms with Crippen molar-refractivity contribution in [2.75, 3.05) is 26.2 Å². The molecule has 0 spiro atoms. The first-order chi connectivity index (χ1) is 17.2. The third-order valence-corrected chi connectivity index (χ3v) is 8.63. The van der Waals surface area contributed by atoms with Gasteiger partial charge in [-0.1, -0.05) is 26.0 Å². The number of ether oxygens (including phenoxy) is 1. The molecule has 0 N–H and O–H groups in total. The molecule has 1 aromatic carbocycles. The van der Waals surface area contributed by atoms with Gasteiger partial charge in [-0.3, -0.25) is 9.69 Å². The van der Waals surface area contributed by atoms with Gasteiger partial charge in [0, 0.05) is 50.2 Å². The summed E-state index contributed by atoms with van der Waals surface area (Å²) in [6.45, 7) is 16.2. The second kappa shape index (κ2) is 10.5. The highest BCUT2D eigenvalue weighted by Crippen LogP contribution is 2.46. The third-order valence-electron chi connectivity index (χ3n) is 8.63. The van der Waals surface area contributed by atoms with Crippen LogP contribution in [-0.2, 0) is 16.1 Å². The van der Waals surface area contributed by atoms with Gasteiger partial charge in [0.25, 0.3) is 0 Å². The molecular formula is C30H46FN3O3. The van der Waals surface area contributed by atoms with Crippen molar-refractivity contribution in [1.29, 1.82) is 0 Å². The van der Waals surface area contributed by atoms with Crippen molar-refractivity contribution in [3.05, 3.63) is 35.6 Å². The summed E-state index contributed by atoms with van der Waals surface area (Å²) >= 11 is 0. The summed E-state index contributed by atoms with van der Waals surface area (Å²) in [6.07, 6.45) is 5.30. The van der Waals surface area contributed by atoms with Crippen molar-refractivity contribution < 1.29 is 18.7 Å². The number of amides is 2. The minimum Gasteiger partial charge on any atom is -0.444 e. The van der Waals surface area contributed by atoms with E-state index in [0.29, 0.717) is 19.6 Å². The van der Waals surface area contributed by atoms with Gasteiger partial charge < -0.3 is 14.5 Å². The molecule has 2 saturated heterocycles. The van der Waals surface area contributed by atoms with Gasteiger partial charge in [-0.2, -0.15) is 0 Å². The Balaban J connectivity index is 1.37. The molecule has 6 nitrogen and oxygen atoms in total. The lowest BCUT2D eigenvalue weighted by Gasteiger charge is -2.51. The molecule has 0 aromatic heterocycles. The van der Waals surface area contributed by atoms with Gasteiger partial charge in [0.05, 0.1) is 0 Å². The van der Waals surface area contributed by atoms with Crippen LogP contribution in [0.5, 0.6) is 0 Å². The monoisotopic (exact) mass is 515 g/mol. The molecule has 1 aromatic rings. The van der Waals surface area contributed by atoms with E-state index in [4.69, 9.17) is 4.74 Å². The Kier molecular flexibility index (Phi) is 7.95. The largest absolute Gasteiger partial charge is 0.444 e. The lowest BCUT2D eigenvalue weighted by atomic mass is 9.64. The predicted octanol–water partition coefficient (Wildman–Crippen LogP) is 5.84. The molecule has 0 radical (unpaired) electrons. The fraction of sp³-hybridized carbons (Fsp3) is 0.733. The van der Waals surface area contributed by atoms with E-state index >= 15 is 0 Å². The summed E-state index contributed by atoms with van der Waals surface area (Å²) in [5.41, 5.74) is 0.649. The van der Waals surface area contributed by atoms with Crippen LogP contribution < -0.4 is 0 Å². The Morgan fingerprint density at radius 2 is 1.68 bits per heavy atom. The number of likely N-dealkylation sites (tertiary alicyclic amines) is 2. The van der Waals surface area contributed by atoms with E-state index in [2.05, 4.69) is 30.6 Å². The maximum absolute atomic E-state index is 13.9. The van der Waals surface area contributed by atoms with Gasteiger partial charge in [0.1, 0.15) is 11.4 Å². The molecular weight excluding hydrogens is 469 g/mol. The number of hydrogen-bond donors (Lipinski definition) is 0. The number of rotatable bonds is 5. The number of benzene rings is 1. The lowest BCUT2D eigenvalue weighted by molar-refractivity contribution is -0.147. The number of hydrogen-bond acceptors (Lipinski definition) is 4. The average molecular weight is 516 g/mol. The van der Waals surface area contributed by atoms with E-state index in [-0.39, 0.29) is 40.7 Å². The molecule has 3 fully saturated rings. The molecule has 0 atom stereocenters. The molecule has 2 amide bonds. The Labute approximate surface area is 222 Å². The third kappa shape index (κ3) is 6.84. The lowest BCUT2D eigenvalue weighted by Crippen LogP contribution is -2.59. The summed E-state index contributed by atoms with van der Waals surface area (Å²) in [6, 6.07) is 6.83. The van der Waals surface area contributed by atoms with Crippen LogP contribution in [0.25, 0.3) is 0 Å². The van der Waals surface area contributed by atoms with Crippen LogP contribution >= 0.6 is 0 Å². The first-order valence-corrected chi connectivity index (χ1v) is 14.0. The molecule has 2 heterocycles. The minimum absolute atomic E-state index is 0.0406. The molecule has 206 valence electrons. The number of nitrogens with zero attached hydrogens (tertiary/aromatic N) is 3. The summed E-state index contributed by atoms with van der Waals surface area (Å²) in [4.78, 5) is 32.6. The molecule has 2 aliphatic heterocycles. The normalized spacial score (nSPS) is 22.8. The van der Waals surface area contributed by atoms with E-state index in [9.17, 15) is 14.0 Å². The van der Waals surface area contributed by atoms with Crippen LogP contribution in [0.2, 0.25) is 0 Å². The summed E-state index contributed by atoms with van der Waals surface area (Å²) in [5, 5.41) is 0. The number of halogens is 1. The fourth-order valence-electron chi connectivity index (χ4n) is 6.43. The van der Waals surface area contributed by atoms with Crippen LogP contribution in [0.3, 0.4) is 0 Å². The van der Waals surface area contributed by atoms with Crippen LogP contribution in [0, 0.1) is 17.2 Å². The topological polar surface area (TPSA) is 53.1 Å². The molecule has 7 heteroatoms. The van der Waals surface area contributed by atoms with Crippen molar-refractivity contribution in [2.45, 2.75) is 104 Å². The predicted molar refractivity (Wildman–Crippen MR) is 143 cm³/mol. The van der Waals surface area contributed by atoms with Gasteiger partial charge >= 0.3 is 6.09 Å². The van der Waals surface area contributed by atoms with Crippen LogP contribution in [-0.4, -0.2) is 70.1 Å². The first kappa shape index (κ1) is 27.9. The molecule has 37 heavy (non-hydrogen) atoms. The standard InChI is InChI=1S/C30H46FN3O3/c1-28(2,3)37-27(36)32-16-12-30(6,13-17-32)33-14-10-25(11-15-33)34(21-22-8-7-9-24(31)18-22)26(35)23-19-29(4,5)20-23/h7-9,18,23,25H,10-17,19-21H2,1-6H3. The van der Waals surface area contributed by atoms with Gasteiger partial charge in [-0.25, -0.2) is 9.18 Å². The Morgan fingerprint density at radius 3 is 2.22 bits per heavy atom. The van der Waals surface area contributed by atoms with E-state index in [1.165, 1.54) is 6.07 Å².